The Morgan fingerprint density at radius 2 is 2.00 bits per heavy atom. The largest absolute Gasteiger partial charge is 0.316 e. The third kappa shape index (κ3) is 3.06. The normalized spacial score (nSPS) is 21.2. The second-order valence-corrected chi connectivity index (χ2v) is 6.64. The average molecular weight is 239 g/mol. The van der Waals surface area contributed by atoms with Gasteiger partial charge in [0, 0.05) is 12.8 Å². The smallest absolute Gasteiger partial charge is 0.151 e. The van der Waals surface area contributed by atoms with Crippen molar-refractivity contribution < 1.29 is 8.42 Å². The van der Waals surface area contributed by atoms with E-state index in [1.54, 1.807) is 0 Å². The Kier molecular flexibility index (Phi) is 3.30. The lowest BCUT2D eigenvalue weighted by Crippen LogP contribution is -2.08. The monoisotopic (exact) mass is 239 g/mol. The molecule has 1 saturated heterocycles. The number of benzene rings is 1. The van der Waals surface area contributed by atoms with E-state index in [4.69, 9.17) is 0 Å². The minimum absolute atomic E-state index is 0.135. The van der Waals surface area contributed by atoms with Gasteiger partial charge in [-0.1, -0.05) is 24.3 Å². The number of hydrogen-bond acceptors (Lipinski definition) is 3. The van der Waals surface area contributed by atoms with Crippen LogP contribution in [0.2, 0.25) is 0 Å². The minimum Gasteiger partial charge on any atom is -0.316 e. The Balaban J connectivity index is 2.10. The van der Waals surface area contributed by atoms with E-state index in [9.17, 15) is 8.42 Å². The van der Waals surface area contributed by atoms with Crippen LogP contribution in [0.4, 0.5) is 0 Å². The molecule has 2 rings (SSSR count). The van der Waals surface area contributed by atoms with Crippen LogP contribution in [-0.4, -0.2) is 27.8 Å². The summed E-state index contributed by atoms with van der Waals surface area (Å²) < 4.78 is 22.3. The van der Waals surface area contributed by atoms with Crippen molar-refractivity contribution >= 4 is 9.84 Å². The molecule has 1 aliphatic rings. The van der Waals surface area contributed by atoms with E-state index in [-0.39, 0.29) is 5.75 Å². The van der Waals surface area contributed by atoms with Crippen molar-refractivity contribution in [2.45, 2.75) is 18.1 Å². The Labute approximate surface area is 96.8 Å². The van der Waals surface area contributed by atoms with E-state index in [2.05, 4.69) is 17.4 Å². The van der Waals surface area contributed by atoms with Crippen LogP contribution in [0.5, 0.6) is 0 Å². The summed E-state index contributed by atoms with van der Waals surface area (Å²) in [6, 6.07) is 7.96. The topological polar surface area (TPSA) is 46.2 Å². The molecule has 0 amide bonds. The third-order valence-corrected chi connectivity index (χ3v) is 3.80. The lowest BCUT2D eigenvalue weighted by molar-refractivity contribution is 0.601. The molecule has 1 aromatic carbocycles. The van der Waals surface area contributed by atoms with E-state index >= 15 is 0 Å². The van der Waals surface area contributed by atoms with Crippen LogP contribution in [0.1, 0.15) is 23.5 Å². The zero-order valence-corrected chi connectivity index (χ0v) is 10.3. The quantitative estimate of drug-likeness (QED) is 0.865. The highest BCUT2D eigenvalue weighted by Gasteiger charge is 2.16. The van der Waals surface area contributed by atoms with Crippen LogP contribution in [0.3, 0.4) is 0 Å². The first kappa shape index (κ1) is 11.6. The summed E-state index contributed by atoms with van der Waals surface area (Å²) in [4.78, 5) is 0. The van der Waals surface area contributed by atoms with Gasteiger partial charge in [0.2, 0.25) is 0 Å². The van der Waals surface area contributed by atoms with Gasteiger partial charge in [-0.3, -0.25) is 0 Å². The van der Waals surface area contributed by atoms with Crippen molar-refractivity contribution in [1.82, 2.24) is 5.32 Å². The lowest BCUT2D eigenvalue weighted by atomic mass is 9.98. The molecule has 1 aliphatic heterocycles. The van der Waals surface area contributed by atoms with Gasteiger partial charge in [-0.15, -0.1) is 0 Å². The molecule has 0 saturated carbocycles. The van der Waals surface area contributed by atoms with Gasteiger partial charge in [0.15, 0.2) is 9.84 Å². The van der Waals surface area contributed by atoms with Crippen LogP contribution >= 0.6 is 0 Å². The maximum absolute atomic E-state index is 11.1. The zero-order chi connectivity index (χ0) is 11.6. The van der Waals surface area contributed by atoms with Crippen LogP contribution in [-0.2, 0) is 15.6 Å². The Hall–Kier alpha value is -0.870. The van der Waals surface area contributed by atoms with E-state index < -0.39 is 9.84 Å². The van der Waals surface area contributed by atoms with Crippen LogP contribution in [0, 0.1) is 0 Å². The summed E-state index contributed by atoms with van der Waals surface area (Å²) in [6.45, 7) is 2.11. The molecule has 0 bridgehead atoms. The van der Waals surface area contributed by atoms with Crippen molar-refractivity contribution in [3.8, 4) is 0 Å². The second kappa shape index (κ2) is 4.55. The molecule has 1 atom stereocenters. The molecule has 88 valence electrons. The van der Waals surface area contributed by atoms with Gasteiger partial charge in [-0.2, -0.15) is 0 Å². The molecule has 0 spiro atoms. The second-order valence-electron chi connectivity index (χ2n) is 4.50. The molecular formula is C12H17NO2S. The first-order valence-electron chi connectivity index (χ1n) is 5.52. The predicted octanol–water partition coefficient (Wildman–Crippen LogP) is 1.31. The summed E-state index contributed by atoms with van der Waals surface area (Å²) in [5.41, 5.74) is 2.18. The van der Waals surface area contributed by atoms with Gasteiger partial charge < -0.3 is 5.32 Å². The maximum atomic E-state index is 11.1. The highest BCUT2D eigenvalue weighted by molar-refractivity contribution is 7.89. The van der Waals surface area contributed by atoms with Crippen molar-refractivity contribution in [3.63, 3.8) is 0 Å². The van der Waals surface area contributed by atoms with Crippen LogP contribution in [0.15, 0.2) is 24.3 Å². The van der Waals surface area contributed by atoms with Gasteiger partial charge in [0.1, 0.15) is 0 Å². The van der Waals surface area contributed by atoms with E-state index in [1.165, 1.54) is 18.2 Å². The lowest BCUT2D eigenvalue weighted by Gasteiger charge is -2.09. The van der Waals surface area contributed by atoms with Crippen molar-refractivity contribution in [2.75, 3.05) is 19.3 Å². The van der Waals surface area contributed by atoms with Gasteiger partial charge in [0.05, 0.1) is 5.75 Å². The Morgan fingerprint density at radius 1 is 1.31 bits per heavy atom. The van der Waals surface area contributed by atoms with E-state index in [0.717, 1.165) is 18.7 Å². The molecule has 1 aromatic rings. The maximum Gasteiger partial charge on any atom is 0.151 e. The predicted molar refractivity (Wildman–Crippen MR) is 65.2 cm³/mol. The molecule has 1 unspecified atom stereocenters. The summed E-state index contributed by atoms with van der Waals surface area (Å²) in [6.07, 6.45) is 2.44. The SMILES string of the molecule is CS(=O)(=O)Cc1ccc(C2CCNC2)cc1. The van der Waals surface area contributed by atoms with Gasteiger partial charge in [0.25, 0.3) is 0 Å². The van der Waals surface area contributed by atoms with Crippen LogP contribution < -0.4 is 5.32 Å². The van der Waals surface area contributed by atoms with Gasteiger partial charge in [-0.05, 0) is 30.0 Å². The van der Waals surface area contributed by atoms with Crippen molar-refractivity contribution in [3.05, 3.63) is 35.4 Å². The minimum atomic E-state index is -2.92. The molecule has 0 radical (unpaired) electrons. The number of nitrogens with one attached hydrogen (secondary N) is 1. The number of hydrogen-bond donors (Lipinski definition) is 1. The van der Waals surface area contributed by atoms with Crippen LogP contribution in [0.25, 0.3) is 0 Å². The molecular weight excluding hydrogens is 222 g/mol. The number of sulfone groups is 1. The fourth-order valence-electron chi connectivity index (χ4n) is 2.13. The fourth-order valence-corrected chi connectivity index (χ4v) is 2.93. The standard InChI is InChI=1S/C12H17NO2S/c1-16(14,15)9-10-2-4-11(5-3-10)12-6-7-13-8-12/h2-5,12-13H,6-9H2,1H3. The van der Waals surface area contributed by atoms with E-state index in [0.29, 0.717) is 5.92 Å². The van der Waals surface area contributed by atoms with Crippen molar-refractivity contribution in [2.24, 2.45) is 0 Å². The van der Waals surface area contributed by atoms with Crippen molar-refractivity contribution in [1.29, 1.82) is 0 Å². The Bertz CT molecular complexity index is 444. The first-order valence-corrected chi connectivity index (χ1v) is 7.58. The highest BCUT2D eigenvalue weighted by atomic mass is 32.2. The zero-order valence-electron chi connectivity index (χ0n) is 9.44. The summed E-state index contributed by atoms with van der Waals surface area (Å²) in [7, 11) is -2.92. The molecule has 16 heavy (non-hydrogen) atoms. The molecule has 1 heterocycles. The number of rotatable bonds is 3. The average Bonchev–Trinajstić information content (AvgIpc) is 2.69. The molecule has 0 aliphatic carbocycles. The fraction of sp³-hybridized carbons (Fsp3) is 0.500. The van der Waals surface area contributed by atoms with E-state index in [1.807, 2.05) is 12.1 Å². The summed E-state index contributed by atoms with van der Waals surface area (Å²) in [5.74, 6) is 0.725. The first-order chi connectivity index (χ1) is 7.54. The third-order valence-electron chi connectivity index (χ3n) is 2.94. The molecule has 4 heteroatoms. The highest BCUT2D eigenvalue weighted by Crippen LogP contribution is 2.22. The van der Waals surface area contributed by atoms with Gasteiger partial charge in [-0.25, -0.2) is 8.42 Å². The molecule has 1 N–H and O–H groups in total. The molecule has 3 nitrogen and oxygen atoms in total. The summed E-state index contributed by atoms with van der Waals surface area (Å²) in [5, 5.41) is 3.33. The molecule has 0 aromatic heterocycles. The molecule has 1 fully saturated rings. The van der Waals surface area contributed by atoms with Gasteiger partial charge >= 0.3 is 0 Å². The Morgan fingerprint density at radius 3 is 2.50 bits per heavy atom. The summed E-state index contributed by atoms with van der Waals surface area (Å²) >= 11 is 0.